The van der Waals surface area contributed by atoms with Crippen molar-refractivity contribution in [3.63, 3.8) is 0 Å². The topological polar surface area (TPSA) is 60.8 Å². The minimum absolute atomic E-state index is 0.165. The van der Waals surface area contributed by atoms with E-state index in [0.29, 0.717) is 5.92 Å². The van der Waals surface area contributed by atoms with Gasteiger partial charge in [0, 0.05) is 10.6 Å². The number of aromatic amines is 1. The number of hydrogen-bond acceptors (Lipinski definition) is 3. The highest BCUT2D eigenvalue weighted by atomic mass is 16.2. The first kappa shape index (κ1) is 14.5. The van der Waals surface area contributed by atoms with Gasteiger partial charge in [-0.25, -0.2) is 14.8 Å². The number of carbonyl (C=O) groups excluding carboxylic acids is 1. The summed E-state index contributed by atoms with van der Waals surface area (Å²) in [4.78, 5) is 19.1. The van der Waals surface area contributed by atoms with Crippen molar-refractivity contribution in [2.24, 2.45) is 0 Å². The number of amides is 1. The van der Waals surface area contributed by atoms with E-state index >= 15 is 0 Å². The first-order chi connectivity index (χ1) is 10.6. The van der Waals surface area contributed by atoms with E-state index in [4.69, 9.17) is 0 Å². The number of H-pyrrole nitrogens is 1. The van der Waals surface area contributed by atoms with Crippen molar-refractivity contribution in [2.45, 2.75) is 18.8 Å². The second kappa shape index (κ2) is 5.73. The van der Waals surface area contributed by atoms with Gasteiger partial charge in [-0.05, 0) is 25.0 Å². The highest BCUT2D eigenvalue weighted by Gasteiger charge is 2.29. The molecule has 0 atom stereocenters. The smallest absolute Gasteiger partial charge is 0.245 e. The molecule has 0 radical (unpaired) electrons. The van der Waals surface area contributed by atoms with Gasteiger partial charge in [0.2, 0.25) is 0 Å². The molecule has 1 aliphatic carbocycles. The van der Waals surface area contributed by atoms with Crippen molar-refractivity contribution in [1.82, 2.24) is 14.7 Å². The van der Waals surface area contributed by atoms with E-state index in [-0.39, 0.29) is 4.70 Å². The second-order valence-corrected chi connectivity index (χ2v) is 5.95. The van der Waals surface area contributed by atoms with Crippen LogP contribution in [0.3, 0.4) is 0 Å². The van der Waals surface area contributed by atoms with E-state index in [1.807, 2.05) is 50.5 Å². The monoisotopic (exact) mass is 299 g/mol. The van der Waals surface area contributed by atoms with Gasteiger partial charge in [0.1, 0.15) is 14.1 Å². The molecule has 0 saturated heterocycles. The number of anilines is 1. The minimum atomic E-state index is 0.165. The summed E-state index contributed by atoms with van der Waals surface area (Å²) in [5, 5.41) is 0. The molecule has 1 saturated carbocycles. The van der Waals surface area contributed by atoms with Crippen LogP contribution < -0.4 is 15.6 Å². The predicted octanol–water partition coefficient (Wildman–Crippen LogP) is 1.23. The zero-order valence-electron chi connectivity index (χ0n) is 12.9. The van der Waals surface area contributed by atoms with Gasteiger partial charge in [-0.1, -0.05) is 22.9 Å². The first-order valence-electron chi connectivity index (χ1n) is 7.40. The van der Waals surface area contributed by atoms with Gasteiger partial charge in [0.05, 0.1) is 17.4 Å². The molecule has 22 heavy (non-hydrogen) atoms. The average molecular weight is 299 g/mol. The van der Waals surface area contributed by atoms with Crippen molar-refractivity contribution in [1.29, 1.82) is 0 Å². The van der Waals surface area contributed by atoms with Gasteiger partial charge >= 0.3 is 11.9 Å². The lowest BCUT2D eigenvalue weighted by molar-refractivity contribution is -0.919. The van der Waals surface area contributed by atoms with E-state index in [2.05, 4.69) is 15.4 Å². The fraction of sp³-hybridized carbons (Fsp3) is 0.312. The molecule has 1 fully saturated rings. The molecule has 1 aliphatic rings. The number of rotatable bonds is 5. The molecule has 1 amide bonds. The lowest BCUT2D eigenvalue weighted by Crippen LogP contribution is -2.60. The Morgan fingerprint density at radius 2 is 2.05 bits per heavy atom. The Balaban J connectivity index is 1.99. The summed E-state index contributed by atoms with van der Waals surface area (Å²) in [6.45, 7) is 0. The predicted molar refractivity (Wildman–Crippen MR) is 84.1 cm³/mol. The van der Waals surface area contributed by atoms with Crippen LogP contribution in [-0.2, 0) is 4.79 Å². The van der Waals surface area contributed by atoms with Crippen LogP contribution in [0.4, 0.5) is 5.69 Å². The third-order valence-electron chi connectivity index (χ3n) is 3.77. The van der Waals surface area contributed by atoms with E-state index in [9.17, 15) is 4.79 Å². The molecule has 0 spiro atoms. The lowest BCUT2D eigenvalue weighted by atomic mass is 10.3. The second-order valence-electron chi connectivity index (χ2n) is 5.95. The van der Waals surface area contributed by atoms with Crippen LogP contribution in [-0.4, -0.2) is 35.2 Å². The fourth-order valence-corrected chi connectivity index (χ4v) is 2.45. The number of carbonyl (C=O) groups is 1. The molecule has 1 aromatic carbocycles. The van der Waals surface area contributed by atoms with E-state index in [1.54, 1.807) is 11.0 Å². The van der Waals surface area contributed by atoms with Crippen LogP contribution in [0.5, 0.6) is 0 Å². The number of para-hydroxylation sites is 1. The highest BCUT2D eigenvalue weighted by molar-refractivity contribution is 5.47. The van der Waals surface area contributed by atoms with Crippen molar-refractivity contribution >= 4 is 12.1 Å². The maximum atomic E-state index is 11.7. The Bertz CT molecular complexity index is 731. The fourth-order valence-electron chi connectivity index (χ4n) is 2.45. The molecule has 0 bridgehead atoms. The van der Waals surface area contributed by atoms with Gasteiger partial charge < -0.3 is 0 Å². The Morgan fingerprint density at radius 1 is 1.32 bits per heavy atom. The molecule has 6 nitrogen and oxygen atoms in total. The Morgan fingerprint density at radius 3 is 2.68 bits per heavy atom. The van der Waals surface area contributed by atoms with Crippen LogP contribution in [0.1, 0.15) is 24.5 Å². The van der Waals surface area contributed by atoms with Gasteiger partial charge in [-0.3, -0.25) is 0 Å². The highest BCUT2D eigenvalue weighted by Crippen LogP contribution is 2.37. The summed E-state index contributed by atoms with van der Waals surface area (Å²) in [5.74, 6) is 0.541. The van der Waals surface area contributed by atoms with Crippen LogP contribution in [0.2, 0.25) is 0 Å². The molecule has 114 valence electrons. The quantitative estimate of drug-likeness (QED) is 0.378. The average Bonchev–Trinajstić information content (AvgIpc) is 3.33. The van der Waals surface area contributed by atoms with E-state index in [1.165, 1.54) is 12.8 Å². The van der Waals surface area contributed by atoms with Crippen LogP contribution in [0.25, 0.3) is 0 Å². The zero-order chi connectivity index (χ0) is 15.6. The molecule has 2 aromatic rings. The third-order valence-corrected chi connectivity index (χ3v) is 3.77. The van der Waals surface area contributed by atoms with Crippen molar-refractivity contribution in [3.8, 4) is 0 Å². The van der Waals surface area contributed by atoms with Gasteiger partial charge in [0.25, 0.3) is 0 Å². The molecular formula is C16H21N5O+2. The number of nitrogens with zero attached hydrogens (tertiary/aromatic N) is 3. The SMILES string of the molecule is C[N+](C)(Nc1ccccc1)[N+](C=O)=c1cc(C2CC2)nc[nH]1. The minimum Gasteiger partial charge on any atom is -0.245 e. The van der Waals surface area contributed by atoms with Crippen LogP contribution in [0.15, 0.2) is 42.7 Å². The molecule has 1 aromatic heterocycles. The number of aromatic nitrogens is 2. The molecule has 6 heteroatoms. The number of benzene rings is 1. The zero-order valence-corrected chi connectivity index (χ0v) is 12.9. The van der Waals surface area contributed by atoms with Crippen LogP contribution >= 0.6 is 0 Å². The third kappa shape index (κ3) is 3.07. The standard InChI is InChI=1S/C16H20N5O/c1-21(2,19-14-6-4-3-5-7-14)20(12-22)16-10-15(13-8-9-13)17-11-18-16/h3-7,10-13,19H,8-9H2,1-2H3/q+1/p+1. The molecule has 3 rings (SSSR count). The Kier molecular flexibility index (Phi) is 3.77. The Labute approximate surface area is 129 Å². The first-order valence-corrected chi connectivity index (χ1v) is 7.40. The molecular weight excluding hydrogens is 278 g/mol. The lowest BCUT2D eigenvalue weighted by Gasteiger charge is -2.25. The maximum Gasteiger partial charge on any atom is 0.352 e. The number of nitrogens with one attached hydrogen (secondary N) is 2. The van der Waals surface area contributed by atoms with Gasteiger partial charge in [-0.2, -0.15) is 5.43 Å². The van der Waals surface area contributed by atoms with E-state index < -0.39 is 0 Å². The van der Waals surface area contributed by atoms with Crippen molar-refractivity contribution in [3.05, 3.63) is 53.9 Å². The van der Waals surface area contributed by atoms with Gasteiger partial charge in [0.15, 0.2) is 6.33 Å². The van der Waals surface area contributed by atoms with Gasteiger partial charge in [-0.15, -0.1) is 0 Å². The number of hydrogen-bond donors (Lipinski definition) is 2. The summed E-state index contributed by atoms with van der Waals surface area (Å²) in [7, 11) is 3.82. The summed E-state index contributed by atoms with van der Waals surface area (Å²) in [5.41, 5.74) is 6.03. The van der Waals surface area contributed by atoms with Crippen molar-refractivity contribution in [2.75, 3.05) is 19.5 Å². The largest absolute Gasteiger partial charge is 0.352 e. The molecule has 0 unspecified atom stereocenters. The summed E-state index contributed by atoms with van der Waals surface area (Å²) < 4.78 is 1.76. The van der Waals surface area contributed by atoms with Crippen molar-refractivity contribution < 1.29 is 9.50 Å². The molecule has 0 aliphatic heterocycles. The molecule has 1 heterocycles. The molecule has 2 N–H and O–H groups in total. The van der Waals surface area contributed by atoms with Crippen LogP contribution in [0, 0.1) is 0 Å². The Hall–Kier alpha value is -2.47. The summed E-state index contributed by atoms with van der Waals surface area (Å²) in [6, 6.07) is 11.8. The summed E-state index contributed by atoms with van der Waals surface area (Å²) in [6.07, 6.45) is 4.83. The maximum absolute atomic E-state index is 11.7. The number of quaternary nitrogens is 1. The summed E-state index contributed by atoms with van der Waals surface area (Å²) >= 11 is 0. The van der Waals surface area contributed by atoms with E-state index in [0.717, 1.165) is 23.3 Å². The normalized spacial score (nSPS) is 16.1.